The van der Waals surface area contributed by atoms with Crippen LogP contribution in [0.5, 0.6) is 0 Å². The van der Waals surface area contributed by atoms with E-state index in [0.29, 0.717) is 29.6 Å². The summed E-state index contributed by atoms with van der Waals surface area (Å²) in [6.45, 7) is 7.02. The van der Waals surface area contributed by atoms with Crippen molar-refractivity contribution in [2.75, 3.05) is 34.2 Å². The van der Waals surface area contributed by atoms with E-state index in [1.807, 2.05) is 47.1 Å². The lowest BCUT2D eigenvalue weighted by atomic mass is 10.1. The Morgan fingerprint density at radius 3 is 2.29 bits per heavy atom. The molecule has 0 fully saturated rings. The van der Waals surface area contributed by atoms with Crippen LogP contribution >= 0.6 is 0 Å². The molecule has 31 heavy (non-hydrogen) atoms. The van der Waals surface area contributed by atoms with Gasteiger partial charge >= 0.3 is 5.69 Å². The van der Waals surface area contributed by atoms with Gasteiger partial charge in [-0.1, -0.05) is 0 Å². The number of aromatic nitrogens is 4. The molecule has 0 radical (unpaired) electrons. The van der Waals surface area contributed by atoms with Gasteiger partial charge in [-0.05, 0) is 37.1 Å². The zero-order valence-electron chi connectivity index (χ0n) is 18.8. The summed E-state index contributed by atoms with van der Waals surface area (Å²) in [5.41, 5.74) is 2.69. The van der Waals surface area contributed by atoms with Gasteiger partial charge in [-0.2, -0.15) is 4.98 Å². The minimum Gasteiger partial charge on any atom is -1.00 e. The summed E-state index contributed by atoms with van der Waals surface area (Å²) in [6, 6.07) is 3.90. The summed E-state index contributed by atoms with van der Waals surface area (Å²) in [6.07, 6.45) is 0. The Bertz CT molecular complexity index is 1210. The molecule has 0 saturated carbocycles. The molecule has 0 unspecified atom stereocenters. The monoisotopic (exact) mass is 492 g/mol. The Labute approximate surface area is 191 Å². The van der Waals surface area contributed by atoms with Crippen LogP contribution in [0.1, 0.15) is 18.1 Å². The molecule has 0 saturated heterocycles. The molecule has 2 aliphatic rings. The number of rotatable bonds is 6. The first-order chi connectivity index (χ1) is 14.0. The number of nitrogens with zero attached hydrogens (tertiary/aromatic N) is 5. The van der Waals surface area contributed by atoms with Crippen LogP contribution in [-0.4, -0.2) is 63.7 Å². The van der Waals surface area contributed by atoms with Gasteiger partial charge in [-0.25, -0.2) is 9.78 Å². The van der Waals surface area contributed by atoms with E-state index >= 15 is 0 Å². The van der Waals surface area contributed by atoms with Crippen molar-refractivity contribution in [1.29, 1.82) is 0 Å². The minimum atomic E-state index is -0.584. The minimum absolute atomic E-state index is 0. The van der Waals surface area contributed by atoms with E-state index in [2.05, 4.69) is 15.3 Å². The number of aryl methyl sites for hydroxylation is 2. The number of carbonyl (C=O) groups is 1. The summed E-state index contributed by atoms with van der Waals surface area (Å²) in [4.78, 5) is 46.0. The third-order valence-corrected chi connectivity index (χ3v) is 5.17. The average Bonchev–Trinajstić information content (AvgIpc) is 2.62. The van der Waals surface area contributed by atoms with Crippen LogP contribution in [0.15, 0.2) is 21.7 Å². The van der Waals surface area contributed by atoms with Crippen molar-refractivity contribution in [3.63, 3.8) is 0 Å². The molecule has 1 N–H and O–H groups in total. The molecule has 168 valence electrons. The van der Waals surface area contributed by atoms with Crippen molar-refractivity contribution in [3.05, 3.63) is 44.1 Å². The SMILES string of the molecule is CC(=O)NCCn1c2nc(=O)n(CC[N+](C)(C)C)c(=O)c-2nc2cc(C)c(C)cc21.[Br-]. The molecular formula is C21H29BrN6O3. The maximum absolute atomic E-state index is 13.2. The molecule has 1 amide bonds. The standard InChI is InChI=1S/C21H28N6O3.BrH/c1-13-11-16-17(12-14(13)2)25(8-7-22-15(3)28)19-18(23-16)20(29)26(21(30)24-19)9-10-27(4,5)6;/h11-12H,7-10H2,1-6H3;1H. The van der Waals surface area contributed by atoms with Gasteiger partial charge in [0, 0.05) is 20.0 Å². The number of hydrogen-bond donors (Lipinski definition) is 1. The highest BCUT2D eigenvalue weighted by molar-refractivity contribution is 5.81. The Balaban J connectivity index is 0.00000341. The normalized spacial score (nSPS) is 11.5. The van der Waals surface area contributed by atoms with Crippen molar-refractivity contribution in [3.8, 4) is 11.5 Å². The fourth-order valence-electron chi connectivity index (χ4n) is 3.29. The second kappa shape index (κ2) is 9.27. The molecule has 10 heteroatoms. The average molecular weight is 493 g/mol. The molecule has 1 aromatic rings. The first kappa shape index (κ1) is 24.7. The van der Waals surface area contributed by atoms with E-state index in [0.717, 1.165) is 21.2 Å². The Kier molecular flexibility index (Phi) is 7.38. The first-order valence-electron chi connectivity index (χ1n) is 9.95. The molecule has 0 aromatic heterocycles. The van der Waals surface area contributed by atoms with Crippen molar-refractivity contribution >= 4 is 16.9 Å². The fraction of sp³-hybridized carbons (Fsp3) is 0.476. The van der Waals surface area contributed by atoms with Gasteiger partial charge in [0.1, 0.15) is 0 Å². The van der Waals surface area contributed by atoms with E-state index in [1.165, 1.54) is 6.92 Å². The maximum Gasteiger partial charge on any atom is 0.352 e. The van der Waals surface area contributed by atoms with Crippen molar-refractivity contribution in [1.82, 2.24) is 24.4 Å². The summed E-state index contributed by atoms with van der Waals surface area (Å²) < 4.78 is 3.57. The van der Waals surface area contributed by atoms with Gasteiger partial charge in [-0.15, -0.1) is 0 Å². The summed E-state index contributed by atoms with van der Waals surface area (Å²) in [5, 5.41) is 2.76. The predicted octanol–water partition coefficient (Wildman–Crippen LogP) is -2.48. The molecule has 3 rings (SSSR count). The fourth-order valence-corrected chi connectivity index (χ4v) is 3.29. The van der Waals surface area contributed by atoms with Crippen molar-refractivity contribution in [2.45, 2.75) is 33.9 Å². The molecule has 2 aliphatic heterocycles. The van der Waals surface area contributed by atoms with Crippen molar-refractivity contribution < 1.29 is 26.3 Å². The lowest BCUT2D eigenvalue weighted by Crippen LogP contribution is -3.00. The van der Waals surface area contributed by atoms with E-state index in [9.17, 15) is 14.4 Å². The van der Waals surface area contributed by atoms with Crippen LogP contribution in [0.25, 0.3) is 22.6 Å². The Hall–Kier alpha value is -2.59. The first-order valence-corrected chi connectivity index (χ1v) is 9.95. The van der Waals surface area contributed by atoms with Crippen LogP contribution in [0.4, 0.5) is 0 Å². The number of hydrogen-bond acceptors (Lipinski definition) is 5. The van der Waals surface area contributed by atoms with Crippen LogP contribution in [-0.2, 0) is 17.9 Å². The van der Waals surface area contributed by atoms with Gasteiger partial charge in [-0.3, -0.25) is 14.2 Å². The van der Waals surface area contributed by atoms with Gasteiger partial charge < -0.3 is 31.3 Å². The van der Waals surface area contributed by atoms with E-state index in [-0.39, 0.29) is 41.0 Å². The number of amides is 1. The maximum atomic E-state index is 13.2. The van der Waals surface area contributed by atoms with Crippen LogP contribution in [0, 0.1) is 13.8 Å². The van der Waals surface area contributed by atoms with Gasteiger partial charge in [0.05, 0.1) is 45.3 Å². The molecule has 1 aromatic carbocycles. The molecule has 0 atom stereocenters. The van der Waals surface area contributed by atoms with Gasteiger partial charge in [0.25, 0.3) is 5.56 Å². The molecule has 0 bridgehead atoms. The lowest BCUT2D eigenvalue weighted by Gasteiger charge is -2.24. The number of likely N-dealkylation sites (N-methyl/N-ethyl adjacent to an activating group) is 1. The predicted molar refractivity (Wildman–Crippen MR) is 116 cm³/mol. The van der Waals surface area contributed by atoms with Crippen LogP contribution in [0.2, 0.25) is 0 Å². The summed E-state index contributed by atoms with van der Waals surface area (Å²) >= 11 is 0. The quantitative estimate of drug-likeness (QED) is 0.303. The highest BCUT2D eigenvalue weighted by Gasteiger charge is 2.22. The number of fused-ring (bicyclic) bond motifs is 2. The number of quaternary nitrogens is 1. The van der Waals surface area contributed by atoms with Crippen molar-refractivity contribution in [2.24, 2.45) is 0 Å². The molecular weight excluding hydrogens is 464 g/mol. The zero-order valence-corrected chi connectivity index (χ0v) is 20.4. The largest absolute Gasteiger partial charge is 1.00 e. The Morgan fingerprint density at radius 1 is 1.03 bits per heavy atom. The number of nitrogens with one attached hydrogen (secondary N) is 1. The zero-order chi connectivity index (χ0) is 22.2. The number of halogens is 1. The van der Waals surface area contributed by atoms with E-state index < -0.39 is 11.2 Å². The highest BCUT2D eigenvalue weighted by atomic mass is 79.9. The second-order valence-electron chi connectivity index (χ2n) is 8.71. The number of benzene rings is 1. The summed E-state index contributed by atoms with van der Waals surface area (Å²) in [7, 11) is 5.99. The summed E-state index contributed by atoms with van der Waals surface area (Å²) in [5.74, 6) is 0.0954. The number of carbonyl (C=O) groups excluding carboxylic acids is 1. The van der Waals surface area contributed by atoms with Crippen LogP contribution in [0.3, 0.4) is 0 Å². The van der Waals surface area contributed by atoms with E-state index in [1.54, 1.807) is 4.57 Å². The van der Waals surface area contributed by atoms with E-state index in [4.69, 9.17) is 0 Å². The molecule has 0 spiro atoms. The van der Waals surface area contributed by atoms with Gasteiger partial charge in [0.15, 0.2) is 11.5 Å². The Morgan fingerprint density at radius 2 is 1.68 bits per heavy atom. The molecule has 0 aliphatic carbocycles. The smallest absolute Gasteiger partial charge is 0.352 e. The third-order valence-electron chi connectivity index (χ3n) is 5.17. The van der Waals surface area contributed by atoms with Gasteiger partial charge in [0.2, 0.25) is 5.91 Å². The lowest BCUT2D eigenvalue weighted by molar-refractivity contribution is -0.871. The highest BCUT2D eigenvalue weighted by Crippen LogP contribution is 2.23. The third kappa shape index (κ3) is 5.37. The topological polar surface area (TPSA) is 98.9 Å². The second-order valence-corrected chi connectivity index (χ2v) is 8.71. The molecule has 2 heterocycles. The molecule has 9 nitrogen and oxygen atoms in total. The van der Waals surface area contributed by atoms with Crippen LogP contribution < -0.4 is 33.5 Å².